The van der Waals surface area contributed by atoms with Crippen LogP contribution in [0.15, 0.2) is 35.9 Å². The molecule has 1 aromatic heterocycles. The monoisotopic (exact) mass is 313 g/mol. The predicted octanol–water partition coefficient (Wildman–Crippen LogP) is 4.41. The van der Waals surface area contributed by atoms with Crippen LogP contribution in [-0.4, -0.2) is 34.9 Å². The van der Waals surface area contributed by atoms with Crippen molar-refractivity contribution in [2.45, 2.75) is 38.9 Å². The number of rotatable bonds is 4. The first-order chi connectivity index (χ1) is 10.9. The van der Waals surface area contributed by atoms with Crippen molar-refractivity contribution in [3.8, 4) is 0 Å². The minimum absolute atomic E-state index is 0.0799. The van der Waals surface area contributed by atoms with Gasteiger partial charge in [0.05, 0.1) is 6.04 Å². The normalized spacial score (nSPS) is 19.8. The first-order valence-electron chi connectivity index (χ1n) is 8.13. The van der Waals surface area contributed by atoms with Crippen molar-refractivity contribution in [3.05, 3.63) is 47.2 Å². The van der Waals surface area contributed by atoms with Crippen LogP contribution in [0.3, 0.4) is 0 Å². The standard InChI is InChI=1S/C19H24FN3/c1-4-13(11-21)18-17-15(9-10-23(18)12-19(2,3)20)14-7-5-6-8-16(14)22-17/h4-8,11,18,21-22H,9-10,12H2,1-3H3/b13-4+,21-11?. The molecular formula is C19H24FN3. The summed E-state index contributed by atoms with van der Waals surface area (Å²) in [5.41, 5.74) is 3.17. The van der Waals surface area contributed by atoms with Crippen molar-refractivity contribution in [3.63, 3.8) is 0 Å². The summed E-state index contributed by atoms with van der Waals surface area (Å²) in [5.74, 6) is 0. The van der Waals surface area contributed by atoms with Gasteiger partial charge in [0, 0.05) is 35.9 Å². The van der Waals surface area contributed by atoms with E-state index in [4.69, 9.17) is 5.41 Å². The number of hydrogen-bond acceptors (Lipinski definition) is 2. The van der Waals surface area contributed by atoms with E-state index >= 15 is 0 Å². The SMILES string of the molecule is C/C=C(\C=N)C1c2[nH]c3ccccc3c2CCN1CC(C)(C)F. The third kappa shape index (κ3) is 2.95. The fourth-order valence-corrected chi connectivity index (χ4v) is 3.64. The maximum absolute atomic E-state index is 14.3. The highest BCUT2D eigenvalue weighted by atomic mass is 19.1. The molecule has 0 fully saturated rings. The zero-order chi connectivity index (χ0) is 16.6. The van der Waals surface area contributed by atoms with E-state index in [0.717, 1.165) is 29.7 Å². The van der Waals surface area contributed by atoms with Crippen molar-refractivity contribution in [2.75, 3.05) is 13.1 Å². The summed E-state index contributed by atoms with van der Waals surface area (Å²) in [6.45, 7) is 6.33. The summed E-state index contributed by atoms with van der Waals surface area (Å²) in [6, 6.07) is 8.21. The number of para-hydroxylation sites is 1. The lowest BCUT2D eigenvalue weighted by Crippen LogP contribution is -2.43. The average molecular weight is 313 g/mol. The van der Waals surface area contributed by atoms with E-state index in [2.05, 4.69) is 28.1 Å². The largest absolute Gasteiger partial charge is 0.357 e. The Morgan fingerprint density at radius 1 is 1.43 bits per heavy atom. The molecule has 1 aliphatic heterocycles. The van der Waals surface area contributed by atoms with Gasteiger partial charge in [-0.1, -0.05) is 24.3 Å². The third-order valence-corrected chi connectivity index (χ3v) is 4.53. The molecule has 0 saturated carbocycles. The second-order valence-electron chi connectivity index (χ2n) is 6.84. The number of allylic oxidation sites excluding steroid dienone is 1. The minimum atomic E-state index is -1.26. The molecule has 122 valence electrons. The van der Waals surface area contributed by atoms with Crippen molar-refractivity contribution in [1.29, 1.82) is 5.41 Å². The predicted molar refractivity (Wildman–Crippen MR) is 94.0 cm³/mol. The quantitative estimate of drug-likeness (QED) is 0.807. The second kappa shape index (κ2) is 5.93. The van der Waals surface area contributed by atoms with E-state index in [1.165, 1.54) is 17.2 Å². The number of nitrogens with one attached hydrogen (secondary N) is 2. The Morgan fingerprint density at radius 2 is 2.17 bits per heavy atom. The summed E-state index contributed by atoms with van der Waals surface area (Å²) in [7, 11) is 0. The highest BCUT2D eigenvalue weighted by Gasteiger charge is 2.35. The Morgan fingerprint density at radius 3 is 2.83 bits per heavy atom. The lowest BCUT2D eigenvalue weighted by atomic mass is 9.91. The van der Waals surface area contributed by atoms with Gasteiger partial charge in [0.25, 0.3) is 0 Å². The topological polar surface area (TPSA) is 42.9 Å². The number of alkyl halides is 1. The lowest BCUT2D eigenvalue weighted by Gasteiger charge is -2.38. The van der Waals surface area contributed by atoms with Gasteiger partial charge >= 0.3 is 0 Å². The molecule has 0 bridgehead atoms. The van der Waals surface area contributed by atoms with Gasteiger partial charge in [-0.25, -0.2) is 4.39 Å². The number of fused-ring (bicyclic) bond motifs is 3. The van der Waals surface area contributed by atoms with Gasteiger partial charge in [0.1, 0.15) is 5.67 Å². The van der Waals surface area contributed by atoms with Gasteiger partial charge in [0.15, 0.2) is 0 Å². The zero-order valence-electron chi connectivity index (χ0n) is 14.0. The molecule has 1 atom stereocenters. The second-order valence-corrected chi connectivity index (χ2v) is 6.84. The van der Waals surface area contributed by atoms with Gasteiger partial charge in [-0.05, 0) is 44.4 Å². The Hall–Kier alpha value is -1.94. The molecule has 1 unspecified atom stereocenters. The van der Waals surface area contributed by atoms with Crippen LogP contribution in [0.2, 0.25) is 0 Å². The number of nitrogens with zero attached hydrogens (tertiary/aromatic N) is 1. The molecule has 3 nitrogen and oxygen atoms in total. The van der Waals surface area contributed by atoms with Crippen molar-refractivity contribution in [1.82, 2.24) is 9.88 Å². The maximum Gasteiger partial charge on any atom is 0.118 e. The van der Waals surface area contributed by atoms with Crippen LogP contribution < -0.4 is 0 Å². The first-order valence-corrected chi connectivity index (χ1v) is 8.13. The number of H-pyrrole nitrogens is 1. The Balaban J connectivity index is 2.13. The highest BCUT2D eigenvalue weighted by Crippen LogP contribution is 2.38. The molecule has 1 aliphatic rings. The Bertz CT molecular complexity index is 752. The highest BCUT2D eigenvalue weighted by molar-refractivity contribution is 5.86. The number of halogens is 1. The van der Waals surface area contributed by atoms with E-state index in [-0.39, 0.29) is 6.04 Å². The number of benzene rings is 1. The first kappa shape index (κ1) is 15.9. The van der Waals surface area contributed by atoms with Gasteiger partial charge in [-0.2, -0.15) is 0 Å². The molecule has 23 heavy (non-hydrogen) atoms. The van der Waals surface area contributed by atoms with Crippen molar-refractivity contribution >= 4 is 17.1 Å². The van der Waals surface area contributed by atoms with Gasteiger partial charge < -0.3 is 10.4 Å². The third-order valence-electron chi connectivity index (χ3n) is 4.53. The van der Waals surface area contributed by atoms with E-state index in [1.54, 1.807) is 13.8 Å². The summed E-state index contributed by atoms with van der Waals surface area (Å²) in [6.07, 6.45) is 4.25. The zero-order valence-corrected chi connectivity index (χ0v) is 14.0. The van der Waals surface area contributed by atoms with Gasteiger partial charge in [0.2, 0.25) is 0 Å². The summed E-state index contributed by atoms with van der Waals surface area (Å²) >= 11 is 0. The summed E-state index contributed by atoms with van der Waals surface area (Å²) < 4.78 is 14.3. The number of hydrogen-bond donors (Lipinski definition) is 2. The molecule has 0 aliphatic carbocycles. The molecule has 4 heteroatoms. The van der Waals surface area contributed by atoms with Crippen LogP contribution in [0, 0.1) is 5.41 Å². The fraction of sp³-hybridized carbons (Fsp3) is 0.421. The molecule has 3 rings (SSSR count). The number of aromatic amines is 1. The molecular weight excluding hydrogens is 289 g/mol. The summed E-state index contributed by atoms with van der Waals surface area (Å²) in [4.78, 5) is 5.67. The Kier molecular flexibility index (Phi) is 4.11. The van der Waals surface area contributed by atoms with Crippen LogP contribution in [-0.2, 0) is 6.42 Å². The lowest BCUT2D eigenvalue weighted by molar-refractivity contribution is 0.0994. The van der Waals surface area contributed by atoms with Gasteiger partial charge in [-0.3, -0.25) is 4.90 Å². The van der Waals surface area contributed by atoms with E-state index in [0.29, 0.717) is 6.54 Å². The van der Waals surface area contributed by atoms with Crippen LogP contribution >= 0.6 is 0 Å². The van der Waals surface area contributed by atoms with Crippen LogP contribution in [0.1, 0.15) is 38.1 Å². The molecule has 2 heterocycles. The van der Waals surface area contributed by atoms with Crippen LogP contribution in [0.25, 0.3) is 10.9 Å². The molecule has 1 aromatic carbocycles. The van der Waals surface area contributed by atoms with E-state index in [1.807, 2.05) is 19.1 Å². The minimum Gasteiger partial charge on any atom is -0.357 e. The number of aromatic nitrogens is 1. The van der Waals surface area contributed by atoms with E-state index < -0.39 is 5.67 Å². The molecule has 0 radical (unpaired) electrons. The molecule has 0 spiro atoms. The fourth-order valence-electron chi connectivity index (χ4n) is 3.64. The smallest absolute Gasteiger partial charge is 0.118 e. The van der Waals surface area contributed by atoms with E-state index in [9.17, 15) is 4.39 Å². The van der Waals surface area contributed by atoms with Crippen molar-refractivity contribution in [2.24, 2.45) is 0 Å². The Labute approximate surface area is 136 Å². The molecule has 0 amide bonds. The molecule has 2 N–H and O–H groups in total. The molecule has 0 saturated heterocycles. The molecule has 2 aromatic rings. The van der Waals surface area contributed by atoms with Crippen LogP contribution in [0.4, 0.5) is 4.39 Å². The summed E-state index contributed by atoms with van der Waals surface area (Å²) in [5, 5.41) is 9.01. The van der Waals surface area contributed by atoms with Crippen LogP contribution in [0.5, 0.6) is 0 Å². The van der Waals surface area contributed by atoms with Crippen molar-refractivity contribution < 1.29 is 4.39 Å². The van der Waals surface area contributed by atoms with Gasteiger partial charge in [-0.15, -0.1) is 0 Å². The average Bonchev–Trinajstić information content (AvgIpc) is 2.87. The maximum atomic E-state index is 14.3.